The van der Waals surface area contributed by atoms with Crippen molar-refractivity contribution in [1.29, 1.82) is 0 Å². The summed E-state index contributed by atoms with van der Waals surface area (Å²) in [6, 6.07) is 5.47. The highest BCUT2D eigenvalue weighted by molar-refractivity contribution is 9.10. The Morgan fingerprint density at radius 3 is 2.52 bits per heavy atom. The molecule has 8 heteroatoms. The van der Waals surface area contributed by atoms with Crippen LogP contribution in [0.25, 0.3) is 0 Å². The van der Waals surface area contributed by atoms with Crippen molar-refractivity contribution in [2.75, 3.05) is 36.2 Å². The van der Waals surface area contributed by atoms with Gasteiger partial charge < -0.3 is 15.5 Å². The first-order valence-corrected chi connectivity index (χ1v) is 7.56. The molecule has 21 heavy (non-hydrogen) atoms. The minimum absolute atomic E-state index is 0.465. The van der Waals surface area contributed by atoms with Crippen molar-refractivity contribution in [3.05, 3.63) is 27.7 Å². The van der Waals surface area contributed by atoms with Gasteiger partial charge in [-0.25, -0.2) is 0 Å². The summed E-state index contributed by atoms with van der Waals surface area (Å²) in [5.41, 5.74) is 0.831. The molecule has 1 heterocycles. The van der Waals surface area contributed by atoms with Gasteiger partial charge in [-0.05, 0) is 41.1 Å². The standard InChI is InChI=1S/C13H16BrClN6/c1-4-16-11-18-12(20-13(19-11)21(2)3)17-10-6-5-8(15)7-9(10)14/h5-7H,4H2,1-3H3,(H2,16,17,18,19,20). The molecule has 6 nitrogen and oxygen atoms in total. The monoisotopic (exact) mass is 370 g/mol. The van der Waals surface area contributed by atoms with Gasteiger partial charge in [0.15, 0.2) is 0 Å². The molecule has 0 amide bonds. The highest BCUT2D eigenvalue weighted by Crippen LogP contribution is 2.28. The fourth-order valence-corrected chi connectivity index (χ4v) is 2.35. The van der Waals surface area contributed by atoms with Crippen molar-refractivity contribution in [3.8, 4) is 0 Å². The van der Waals surface area contributed by atoms with E-state index in [0.717, 1.165) is 16.7 Å². The van der Waals surface area contributed by atoms with E-state index in [0.29, 0.717) is 22.9 Å². The molecule has 1 aromatic heterocycles. The number of rotatable bonds is 5. The predicted molar refractivity (Wildman–Crippen MR) is 90.8 cm³/mol. The number of benzene rings is 1. The van der Waals surface area contributed by atoms with E-state index in [4.69, 9.17) is 11.6 Å². The third-order valence-electron chi connectivity index (χ3n) is 2.54. The second-order valence-electron chi connectivity index (χ2n) is 4.46. The lowest BCUT2D eigenvalue weighted by Crippen LogP contribution is -2.16. The summed E-state index contributed by atoms with van der Waals surface area (Å²) >= 11 is 9.39. The van der Waals surface area contributed by atoms with Gasteiger partial charge in [-0.2, -0.15) is 15.0 Å². The predicted octanol–water partition coefficient (Wildman–Crippen LogP) is 3.53. The van der Waals surface area contributed by atoms with E-state index < -0.39 is 0 Å². The van der Waals surface area contributed by atoms with Gasteiger partial charge in [0, 0.05) is 30.1 Å². The molecule has 0 spiro atoms. The maximum absolute atomic E-state index is 5.94. The van der Waals surface area contributed by atoms with Crippen LogP contribution in [0.3, 0.4) is 0 Å². The number of aromatic nitrogens is 3. The molecule has 112 valence electrons. The molecule has 0 bridgehead atoms. The van der Waals surface area contributed by atoms with E-state index in [1.807, 2.05) is 38.1 Å². The van der Waals surface area contributed by atoms with Crippen LogP contribution in [0.1, 0.15) is 6.92 Å². The van der Waals surface area contributed by atoms with Crippen LogP contribution in [-0.4, -0.2) is 35.6 Å². The molecule has 0 aliphatic rings. The Bertz CT molecular complexity index is 634. The van der Waals surface area contributed by atoms with Gasteiger partial charge >= 0.3 is 0 Å². The minimum Gasteiger partial charge on any atom is -0.354 e. The molecule has 0 radical (unpaired) electrons. The van der Waals surface area contributed by atoms with Crippen molar-refractivity contribution in [2.24, 2.45) is 0 Å². The average Bonchev–Trinajstić information content (AvgIpc) is 2.42. The first-order chi connectivity index (χ1) is 9.99. The molecule has 2 N–H and O–H groups in total. The van der Waals surface area contributed by atoms with Crippen LogP contribution in [0.15, 0.2) is 22.7 Å². The molecule has 0 aliphatic carbocycles. The van der Waals surface area contributed by atoms with Crippen LogP contribution in [-0.2, 0) is 0 Å². The second-order valence-corrected chi connectivity index (χ2v) is 5.75. The Kier molecular flexibility index (Phi) is 5.19. The maximum Gasteiger partial charge on any atom is 0.233 e. The summed E-state index contributed by atoms with van der Waals surface area (Å²) in [6.07, 6.45) is 0. The summed E-state index contributed by atoms with van der Waals surface area (Å²) < 4.78 is 0.840. The normalized spacial score (nSPS) is 10.3. The largest absolute Gasteiger partial charge is 0.354 e. The van der Waals surface area contributed by atoms with Crippen molar-refractivity contribution < 1.29 is 0 Å². The Balaban J connectivity index is 2.33. The first-order valence-electron chi connectivity index (χ1n) is 6.39. The van der Waals surface area contributed by atoms with Crippen LogP contribution >= 0.6 is 27.5 Å². The first kappa shape index (κ1) is 15.8. The number of nitrogens with one attached hydrogen (secondary N) is 2. The topological polar surface area (TPSA) is 66.0 Å². The van der Waals surface area contributed by atoms with Gasteiger partial charge in [0.05, 0.1) is 5.69 Å². The zero-order valence-electron chi connectivity index (χ0n) is 12.0. The Hall–Kier alpha value is -1.60. The average molecular weight is 372 g/mol. The lowest BCUT2D eigenvalue weighted by atomic mass is 10.3. The fourth-order valence-electron chi connectivity index (χ4n) is 1.57. The summed E-state index contributed by atoms with van der Waals surface area (Å²) in [6.45, 7) is 2.73. The highest BCUT2D eigenvalue weighted by Gasteiger charge is 2.09. The summed E-state index contributed by atoms with van der Waals surface area (Å²) in [7, 11) is 3.76. The van der Waals surface area contributed by atoms with Crippen molar-refractivity contribution >= 4 is 51.1 Å². The summed E-state index contributed by atoms with van der Waals surface area (Å²) in [5, 5.41) is 6.91. The highest BCUT2D eigenvalue weighted by atomic mass is 79.9. The van der Waals surface area contributed by atoms with Gasteiger partial charge in [0.2, 0.25) is 17.8 Å². The van der Waals surface area contributed by atoms with Gasteiger partial charge in [0.1, 0.15) is 0 Å². The van der Waals surface area contributed by atoms with E-state index in [-0.39, 0.29) is 0 Å². The summed E-state index contributed by atoms with van der Waals surface area (Å²) in [5.74, 6) is 1.57. The lowest BCUT2D eigenvalue weighted by Gasteiger charge is -2.14. The number of nitrogens with zero attached hydrogens (tertiary/aromatic N) is 4. The maximum atomic E-state index is 5.94. The van der Waals surface area contributed by atoms with Gasteiger partial charge in [-0.1, -0.05) is 11.6 Å². The third kappa shape index (κ3) is 4.18. The van der Waals surface area contributed by atoms with E-state index in [1.165, 1.54) is 0 Å². The molecule has 2 aromatic rings. The zero-order valence-corrected chi connectivity index (χ0v) is 14.3. The Morgan fingerprint density at radius 1 is 1.19 bits per heavy atom. The van der Waals surface area contributed by atoms with Gasteiger partial charge in [-0.3, -0.25) is 0 Å². The van der Waals surface area contributed by atoms with Gasteiger partial charge in [-0.15, -0.1) is 0 Å². The molecule has 0 aliphatic heterocycles. The van der Waals surface area contributed by atoms with Crippen molar-refractivity contribution in [1.82, 2.24) is 15.0 Å². The third-order valence-corrected chi connectivity index (χ3v) is 3.43. The lowest BCUT2D eigenvalue weighted by molar-refractivity contribution is 0.953. The molecule has 2 rings (SSSR count). The molecule has 0 saturated heterocycles. The number of hydrogen-bond acceptors (Lipinski definition) is 6. The van der Waals surface area contributed by atoms with Crippen LogP contribution in [0.4, 0.5) is 23.5 Å². The Morgan fingerprint density at radius 2 is 1.90 bits per heavy atom. The van der Waals surface area contributed by atoms with E-state index in [9.17, 15) is 0 Å². The molecule has 0 saturated carbocycles. The quantitative estimate of drug-likeness (QED) is 0.838. The van der Waals surface area contributed by atoms with E-state index >= 15 is 0 Å². The number of anilines is 4. The fraction of sp³-hybridized carbons (Fsp3) is 0.308. The minimum atomic E-state index is 0.465. The molecule has 0 unspecified atom stereocenters. The van der Waals surface area contributed by atoms with Crippen LogP contribution in [0.5, 0.6) is 0 Å². The zero-order chi connectivity index (χ0) is 15.4. The number of hydrogen-bond donors (Lipinski definition) is 2. The van der Waals surface area contributed by atoms with Crippen molar-refractivity contribution in [2.45, 2.75) is 6.92 Å². The summed E-state index contributed by atoms with van der Waals surface area (Å²) in [4.78, 5) is 14.9. The van der Waals surface area contributed by atoms with E-state index in [1.54, 1.807) is 6.07 Å². The smallest absolute Gasteiger partial charge is 0.233 e. The van der Waals surface area contributed by atoms with Crippen molar-refractivity contribution in [3.63, 3.8) is 0 Å². The number of halogens is 2. The van der Waals surface area contributed by atoms with Crippen LogP contribution < -0.4 is 15.5 Å². The van der Waals surface area contributed by atoms with Crippen LogP contribution in [0, 0.1) is 0 Å². The van der Waals surface area contributed by atoms with Gasteiger partial charge in [0.25, 0.3) is 0 Å². The molecule has 0 atom stereocenters. The Labute approximate surface area is 137 Å². The SMILES string of the molecule is CCNc1nc(Nc2ccc(Cl)cc2Br)nc(N(C)C)n1. The molecular formula is C13H16BrClN6. The van der Waals surface area contributed by atoms with Crippen LogP contribution in [0.2, 0.25) is 5.02 Å². The van der Waals surface area contributed by atoms with E-state index in [2.05, 4.69) is 41.5 Å². The second kappa shape index (κ2) is 6.91. The molecule has 0 fully saturated rings. The molecular weight excluding hydrogens is 356 g/mol. The molecule has 1 aromatic carbocycles.